The average molecular weight is 570 g/mol. The summed E-state index contributed by atoms with van der Waals surface area (Å²) in [4.78, 5) is 37.5. The molecular weight excluding hydrogens is 516 g/mol. The SMILES string of the molecule is C=C(C)[C@@H]1CC[C@]2(C(=O)O)CC[C@]3(C)C(CC[C@@H]4[C@@]5(C)[CH][C@H](OC(=O)CC(C)(C)C(=O)O)C(C)(C)[C@@H]5CC[C@]43C)C12. The van der Waals surface area contributed by atoms with Crippen molar-refractivity contribution < 1.29 is 29.3 Å². The minimum Gasteiger partial charge on any atom is -0.481 e. The van der Waals surface area contributed by atoms with Gasteiger partial charge in [-0.3, -0.25) is 14.4 Å². The number of fused-ring (bicyclic) bond motifs is 7. The number of esters is 1. The quantitative estimate of drug-likeness (QED) is 0.253. The van der Waals surface area contributed by atoms with Gasteiger partial charge in [0.25, 0.3) is 0 Å². The van der Waals surface area contributed by atoms with Crippen molar-refractivity contribution in [2.75, 3.05) is 0 Å². The molecule has 2 N–H and O–H groups in total. The predicted molar refractivity (Wildman–Crippen MR) is 158 cm³/mol. The van der Waals surface area contributed by atoms with Crippen LogP contribution in [0.1, 0.15) is 113 Å². The third-order valence-electron chi connectivity index (χ3n) is 14.2. The minimum absolute atomic E-state index is 0.0316. The fraction of sp³-hybridized carbons (Fsp3) is 0.829. The zero-order valence-corrected chi connectivity index (χ0v) is 26.6. The number of ether oxygens (including phenoxy) is 1. The molecule has 0 bridgehead atoms. The maximum atomic E-state index is 13.0. The molecule has 10 atom stereocenters. The Bertz CT molecular complexity index is 1150. The number of hydrogen-bond acceptors (Lipinski definition) is 4. The van der Waals surface area contributed by atoms with Gasteiger partial charge in [-0.05, 0) is 118 Å². The first-order valence-corrected chi connectivity index (χ1v) is 16.0. The van der Waals surface area contributed by atoms with Crippen molar-refractivity contribution in [1.29, 1.82) is 0 Å². The van der Waals surface area contributed by atoms with Gasteiger partial charge in [0, 0.05) is 11.8 Å². The fourth-order valence-electron chi connectivity index (χ4n) is 11.8. The molecule has 0 aromatic rings. The van der Waals surface area contributed by atoms with Crippen LogP contribution >= 0.6 is 0 Å². The van der Waals surface area contributed by atoms with E-state index in [4.69, 9.17) is 4.74 Å². The number of aliphatic carboxylic acids is 2. The molecule has 0 saturated heterocycles. The normalized spacial score (nSPS) is 46.4. The van der Waals surface area contributed by atoms with Crippen molar-refractivity contribution in [3.05, 3.63) is 18.6 Å². The Kier molecular flexibility index (Phi) is 6.96. The van der Waals surface area contributed by atoms with Crippen LogP contribution in [0.3, 0.4) is 0 Å². The lowest BCUT2D eigenvalue weighted by atomic mass is 9.34. The zero-order chi connectivity index (χ0) is 30.6. The van der Waals surface area contributed by atoms with Gasteiger partial charge in [0.05, 0.1) is 17.3 Å². The summed E-state index contributed by atoms with van der Waals surface area (Å²) in [5.41, 5.74) is -0.944. The van der Waals surface area contributed by atoms with Crippen molar-refractivity contribution in [2.24, 2.45) is 62.1 Å². The standard InChI is InChI=1S/C35H53O6/c1-20(2)21-12-15-35(29(39)40)17-16-33(8)22(27(21)35)10-11-24-32(7)18-25(41-26(36)19-30(3,4)28(37)38)31(5,6)23(32)13-14-34(24,33)9/h18,21-25,27H,1,10-17,19H2,2-9H3,(H,37,38)(H,39,40)/t21-,22?,23-,24+,25-,27?,32-,33+,34+,35-/m0/s1. The second kappa shape index (κ2) is 9.32. The molecule has 5 rings (SSSR count). The Morgan fingerprint density at radius 2 is 1.56 bits per heavy atom. The molecule has 0 spiro atoms. The number of carbonyl (C=O) groups excluding carboxylic acids is 1. The van der Waals surface area contributed by atoms with Crippen molar-refractivity contribution in [3.63, 3.8) is 0 Å². The van der Waals surface area contributed by atoms with Gasteiger partial charge in [-0.1, -0.05) is 46.8 Å². The van der Waals surface area contributed by atoms with Crippen LogP contribution in [0.25, 0.3) is 0 Å². The molecule has 0 heterocycles. The highest BCUT2D eigenvalue weighted by Gasteiger charge is 2.73. The first-order chi connectivity index (χ1) is 18.8. The lowest BCUT2D eigenvalue weighted by Crippen LogP contribution is -2.64. The Labute approximate surface area is 247 Å². The summed E-state index contributed by atoms with van der Waals surface area (Å²) in [6.07, 6.45) is 9.44. The Balaban J connectivity index is 1.46. The van der Waals surface area contributed by atoms with Crippen LogP contribution in [0.2, 0.25) is 0 Å². The average Bonchev–Trinajstić information content (AvgIpc) is 3.33. The monoisotopic (exact) mass is 569 g/mol. The molecule has 0 amide bonds. The predicted octanol–water partition coefficient (Wildman–Crippen LogP) is 7.57. The Hall–Kier alpha value is -1.85. The topological polar surface area (TPSA) is 101 Å². The van der Waals surface area contributed by atoms with E-state index in [0.29, 0.717) is 17.8 Å². The second-order valence-electron chi connectivity index (χ2n) is 16.8. The number of hydrogen-bond donors (Lipinski definition) is 2. The molecule has 2 unspecified atom stereocenters. The van der Waals surface area contributed by atoms with E-state index in [-0.39, 0.29) is 46.0 Å². The lowest BCUT2D eigenvalue weighted by molar-refractivity contribution is -0.217. The number of carboxylic acids is 2. The van der Waals surface area contributed by atoms with E-state index in [1.54, 1.807) is 13.8 Å². The smallest absolute Gasteiger partial charge is 0.309 e. The highest BCUT2D eigenvalue weighted by molar-refractivity contribution is 5.81. The van der Waals surface area contributed by atoms with Gasteiger partial charge in [-0.15, -0.1) is 0 Å². The summed E-state index contributed by atoms with van der Waals surface area (Å²) in [6.45, 7) is 21.4. The Morgan fingerprint density at radius 3 is 2.15 bits per heavy atom. The second-order valence-corrected chi connectivity index (χ2v) is 16.8. The molecule has 5 fully saturated rings. The summed E-state index contributed by atoms with van der Waals surface area (Å²) in [7, 11) is 0. The maximum Gasteiger partial charge on any atom is 0.309 e. The maximum absolute atomic E-state index is 13.0. The van der Waals surface area contributed by atoms with Gasteiger partial charge >= 0.3 is 17.9 Å². The summed E-state index contributed by atoms with van der Waals surface area (Å²) in [6, 6.07) is 0. The molecule has 5 aliphatic carbocycles. The molecule has 5 aliphatic rings. The Morgan fingerprint density at radius 1 is 0.902 bits per heavy atom. The van der Waals surface area contributed by atoms with Gasteiger partial charge < -0.3 is 14.9 Å². The summed E-state index contributed by atoms with van der Waals surface area (Å²) in [5.74, 6) is -0.492. The third kappa shape index (κ3) is 4.04. The van der Waals surface area contributed by atoms with E-state index in [9.17, 15) is 24.6 Å². The van der Waals surface area contributed by atoms with E-state index in [0.717, 1.165) is 56.9 Å². The number of carbonyl (C=O) groups is 3. The first-order valence-electron chi connectivity index (χ1n) is 16.0. The van der Waals surface area contributed by atoms with Gasteiger partial charge in [0.15, 0.2) is 0 Å². The molecule has 0 aromatic carbocycles. The summed E-state index contributed by atoms with van der Waals surface area (Å²) < 4.78 is 6.12. The molecule has 0 aromatic heterocycles. The summed E-state index contributed by atoms with van der Waals surface area (Å²) >= 11 is 0. The van der Waals surface area contributed by atoms with Gasteiger partial charge in [0.1, 0.15) is 6.10 Å². The van der Waals surface area contributed by atoms with E-state index in [1.165, 1.54) is 0 Å². The molecule has 0 aliphatic heterocycles. The molecule has 229 valence electrons. The van der Waals surface area contributed by atoms with Crippen LogP contribution < -0.4 is 0 Å². The van der Waals surface area contributed by atoms with Crippen LogP contribution in [0.5, 0.6) is 0 Å². The van der Waals surface area contributed by atoms with E-state index in [2.05, 4.69) is 54.5 Å². The zero-order valence-electron chi connectivity index (χ0n) is 26.6. The van der Waals surface area contributed by atoms with Crippen LogP contribution in [0, 0.1) is 68.5 Å². The number of allylic oxidation sites excluding steroid dienone is 1. The van der Waals surface area contributed by atoms with Crippen molar-refractivity contribution in [2.45, 2.75) is 119 Å². The molecule has 5 saturated carbocycles. The van der Waals surface area contributed by atoms with Crippen molar-refractivity contribution in [1.82, 2.24) is 0 Å². The van der Waals surface area contributed by atoms with Crippen molar-refractivity contribution in [3.8, 4) is 0 Å². The lowest BCUT2D eigenvalue weighted by Gasteiger charge is -2.70. The minimum atomic E-state index is -1.17. The molecular formula is C35H53O6. The molecule has 1 radical (unpaired) electrons. The summed E-state index contributed by atoms with van der Waals surface area (Å²) in [5, 5.41) is 20.1. The highest BCUT2D eigenvalue weighted by atomic mass is 16.5. The molecule has 6 nitrogen and oxygen atoms in total. The molecule has 41 heavy (non-hydrogen) atoms. The van der Waals surface area contributed by atoms with Crippen LogP contribution in [-0.2, 0) is 19.1 Å². The van der Waals surface area contributed by atoms with Gasteiger partial charge in [-0.2, -0.15) is 0 Å². The van der Waals surface area contributed by atoms with Gasteiger partial charge in [-0.25, -0.2) is 0 Å². The first kappa shape index (κ1) is 30.6. The number of rotatable bonds is 6. The van der Waals surface area contributed by atoms with Crippen molar-refractivity contribution >= 4 is 17.9 Å². The van der Waals surface area contributed by atoms with E-state index < -0.39 is 28.7 Å². The third-order valence-corrected chi connectivity index (χ3v) is 14.2. The van der Waals surface area contributed by atoms with E-state index >= 15 is 0 Å². The van der Waals surface area contributed by atoms with Gasteiger partial charge in [0.2, 0.25) is 0 Å². The van der Waals surface area contributed by atoms with Crippen LogP contribution in [0.15, 0.2) is 12.2 Å². The van der Waals surface area contributed by atoms with Crippen LogP contribution in [-0.4, -0.2) is 34.2 Å². The van der Waals surface area contributed by atoms with E-state index in [1.807, 2.05) is 0 Å². The number of carboxylic acid groups (broad SMARTS) is 2. The molecule has 6 heteroatoms. The largest absolute Gasteiger partial charge is 0.481 e. The van der Waals surface area contributed by atoms with Crippen LogP contribution in [0.4, 0.5) is 0 Å². The highest BCUT2D eigenvalue weighted by Crippen LogP contribution is 2.78. The fourth-order valence-corrected chi connectivity index (χ4v) is 11.8.